The summed E-state index contributed by atoms with van der Waals surface area (Å²) in [5, 5.41) is -0.267. The fraction of sp³-hybridized carbons (Fsp3) is 0.444. The molecule has 18 heavy (non-hydrogen) atoms. The molecule has 0 atom stereocenters. The van der Waals surface area contributed by atoms with E-state index in [0.29, 0.717) is 4.31 Å². The van der Waals surface area contributed by atoms with E-state index in [0.717, 1.165) is 7.05 Å². The van der Waals surface area contributed by atoms with E-state index in [9.17, 15) is 21.6 Å². The molecule has 1 aromatic rings. The summed E-state index contributed by atoms with van der Waals surface area (Å²) in [7, 11) is -2.99. The molecule has 0 spiro atoms. The van der Waals surface area contributed by atoms with E-state index in [4.69, 9.17) is 11.6 Å². The summed E-state index contributed by atoms with van der Waals surface area (Å²) in [5.41, 5.74) is 0. The monoisotopic (exact) mass is 302 g/mol. The molecule has 0 N–H and O–H groups in total. The van der Waals surface area contributed by atoms with Gasteiger partial charge in [-0.3, -0.25) is 0 Å². The van der Waals surface area contributed by atoms with Crippen molar-refractivity contribution in [3.63, 3.8) is 0 Å². The average Bonchev–Trinajstić information content (AvgIpc) is 2.25. The predicted octanol–water partition coefficient (Wildman–Crippen LogP) is 2.31. The summed E-state index contributed by atoms with van der Waals surface area (Å²) in [6.45, 7) is -0.670. The summed E-state index contributed by atoms with van der Waals surface area (Å²) in [6.07, 6.45) is -4.35. The Kier molecular flexibility index (Phi) is 4.57. The van der Waals surface area contributed by atoms with Crippen LogP contribution in [0, 0.1) is 0 Å². The molecular weight excluding hydrogens is 293 g/mol. The molecule has 0 bridgehead atoms. The summed E-state index contributed by atoms with van der Waals surface area (Å²) < 4.78 is 60.5. The van der Waals surface area contributed by atoms with E-state index < -0.39 is 29.2 Å². The van der Waals surface area contributed by atoms with Crippen LogP contribution in [0.5, 0.6) is 0 Å². The molecule has 0 aromatic carbocycles. The zero-order chi connectivity index (χ0) is 14.0. The van der Waals surface area contributed by atoms with Gasteiger partial charge in [0.2, 0.25) is 10.0 Å². The minimum Gasteiger partial charge on any atom is -0.243 e. The molecule has 1 rings (SSSR count). The van der Waals surface area contributed by atoms with Crippen LogP contribution in [0.25, 0.3) is 0 Å². The first-order valence-corrected chi connectivity index (χ1v) is 6.60. The van der Waals surface area contributed by atoms with Crippen molar-refractivity contribution in [3.05, 3.63) is 23.5 Å². The zero-order valence-corrected chi connectivity index (χ0v) is 10.8. The maximum absolute atomic E-state index is 12.0. The molecule has 0 aliphatic carbocycles. The molecule has 0 saturated carbocycles. The smallest absolute Gasteiger partial charge is 0.243 e. The zero-order valence-electron chi connectivity index (χ0n) is 9.28. The fourth-order valence-electron chi connectivity index (χ4n) is 1.14. The standard InChI is InChI=1S/C9H10ClF3N2O2S/c1-15(6-4-9(11,12)13)18(16,17)7-3-2-5-14-8(7)10/h2-3,5H,4,6H2,1H3. The quantitative estimate of drug-likeness (QED) is 0.802. The maximum Gasteiger partial charge on any atom is 0.390 e. The molecule has 0 aliphatic heterocycles. The Balaban J connectivity index is 2.91. The Hall–Kier alpha value is -0.860. The fourth-order valence-corrected chi connectivity index (χ4v) is 2.73. The van der Waals surface area contributed by atoms with Gasteiger partial charge in [-0.05, 0) is 12.1 Å². The van der Waals surface area contributed by atoms with Crippen molar-refractivity contribution in [3.8, 4) is 0 Å². The Bertz CT molecular complexity index is 519. The molecule has 102 valence electrons. The van der Waals surface area contributed by atoms with Crippen LogP contribution in [0.15, 0.2) is 23.2 Å². The first-order valence-electron chi connectivity index (χ1n) is 4.78. The maximum atomic E-state index is 12.0. The molecule has 4 nitrogen and oxygen atoms in total. The molecule has 0 saturated heterocycles. The third-order valence-corrected chi connectivity index (χ3v) is 4.42. The number of pyridine rings is 1. The second-order valence-electron chi connectivity index (χ2n) is 3.48. The summed E-state index contributed by atoms with van der Waals surface area (Å²) in [5.74, 6) is 0. The van der Waals surface area contributed by atoms with Gasteiger partial charge in [0.1, 0.15) is 10.0 Å². The third kappa shape index (κ3) is 3.82. The number of alkyl halides is 3. The SMILES string of the molecule is CN(CCC(F)(F)F)S(=O)(=O)c1cccnc1Cl. The van der Waals surface area contributed by atoms with E-state index in [1.807, 2.05) is 0 Å². The van der Waals surface area contributed by atoms with Gasteiger partial charge in [0, 0.05) is 19.8 Å². The lowest BCUT2D eigenvalue weighted by atomic mass is 10.4. The second kappa shape index (κ2) is 5.41. The van der Waals surface area contributed by atoms with Gasteiger partial charge in [0.25, 0.3) is 0 Å². The van der Waals surface area contributed by atoms with Gasteiger partial charge >= 0.3 is 6.18 Å². The first kappa shape index (κ1) is 15.2. The van der Waals surface area contributed by atoms with Gasteiger partial charge in [-0.25, -0.2) is 17.7 Å². The average molecular weight is 303 g/mol. The van der Waals surface area contributed by atoms with Crippen molar-refractivity contribution >= 4 is 21.6 Å². The van der Waals surface area contributed by atoms with Crippen LogP contribution in [0.1, 0.15) is 6.42 Å². The van der Waals surface area contributed by atoms with Crippen molar-refractivity contribution in [1.29, 1.82) is 0 Å². The van der Waals surface area contributed by atoms with Crippen LogP contribution in [0.3, 0.4) is 0 Å². The lowest BCUT2D eigenvalue weighted by molar-refractivity contribution is -0.135. The largest absolute Gasteiger partial charge is 0.390 e. The van der Waals surface area contributed by atoms with Gasteiger partial charge in [-0.2, -0.15) is 13.2 Å². The Morgan fingerprint density at radius 3 is 2.56 bits per heavy atom. The van der Waals surface area contributed by atoms with Gasteiger partial charge in [-0.15, -0.1) is 0 Å². The predicted molar refractivity (Wildman–Crippen MR) is 59.7 cm³/mol. The highest BCUT2D eigenvalue weighted by Gasteiger charge is 2.31. The van der Waals surface area contributed by atoms with E-state index in [1.54, 1.807) is 0 Å². The molecule has 9 heteroatoms. The lowest BCUT2D eigenvalue weighted by Gasteiger charge is -2.18. The summed E-state index contributed by atoms with van der Waals surface area (Å²) in [6, 6.07) is 2.53. The molecule has 0 amide bonds. The normalized spacial score (nSPS) is 13.0. The Morgan fingerprint density at radius 2 is 2.06 bits per heavy atom. The lowest BCUT2D eigenvalue weighted by Crippen LogP contribution is -2.31. The van der Waals surface area contributed by atoms with Gasteiger partial charge < -0.3 is 0 Å². The van der Waals surface area contributed by atoms with E-state index in [2.05, 4.69) is 4.98 Å². The third-order valence-electron chi connectivity index (χ3n) is 2.12. The van der Waals surface area contributed by atoms with E-state index >= 15 is 0 Å². The van der Waals surface area contributed by atoms with Gasteiger partial charge in [0.15, 0.2) is 0 Å². The van der Waals surface area contributed by atoms with Crippen LogP contribution in [0.4, 0.5) is 13.2 Å². The minimum absolute atomic E-state index is 0.267. The van der Waals surface area contributed by atoms with E-state index in [-0.39, 0.29) is 10.0 Å². The molecule has 1 aromatic heterocycles. The molecule has 0 aliphatic rings. The molecular formula is C9H10ClF3N2O2S. The van der Waals surface area contributed by atoms with Crippen LogP contribution in [-0.4, -0.2) is 37.5 Å². The van der Waals surface area contributed by atoms with Crippen molar-refractivity contribution in [2.45, 2.75) is 17.5 Å². The highest BCUT2D eigenvalue weighted by Crippen LogP contribution is 2.24. The van der Waals surface area contributed by atoms with Crippen molar-refractivity contribution in [1.82, 2.24) is 9.29 Å². The number of hydrogen-bond acceptors (Lipinski definition) is 3. The number of sulfonamides is 1. The summed E-state index contributed by atoms with van der Waals surface area (Å²) >= 11 is 5.60. The van der Waals surface area contributed by atoms with Crippen LogP contribution >= 0.6 is 11.6 Å². The number of nitrogens with zero attached hydrogens (tertiary/aromatic N) is 2. The van der Waals surface area contributed by atoms with Crippen LogP contribution in [-0.2, 0) is 10.0 Å². The second-order valence-corrected chi connectivity index (χ2v) is 5.86. The molecule has 0 fully saturated rings. The van der Waals surface area contributed by atoms with Gasteiger partial charge in [-0.1, -0.05) is 11.6 Å². The van der Waals surface area contributed by atoms with Crippen LogP contribution in [0.2, 0.25) is 5.15 Å². The van der Waals surface area contributed by atoms with Crippen molar-refractivity contribution in [2.24, 2.45) is 0 Å². The van der Waals surface area contributed by atoms with Gasteiger partial charge in [0.05, 0.1) is 6.42 Å². The van der Waals surface area contributed by atoms with E-state index in [1.165, 1.54) is 18.3 Å². The van der Waals surface area contributed by atoms with Crippen LogP contribution < -0.4 is 0 Å². The Labute approximate surface area is 107 Å². The number of hydrogen-bond donors (Lipinski definition) is 0. The van der Waals surface area contributed by atoms with Crippen molar-refractivity contribution in [2.75, 3.05) is 13.6 Å². The number of rotatable bonds is 4. The first-order chi connectivity index (χ1) is 8.14. The summed E-state index contributed by atoms with van der Waals surface area (Å²) in [4.78, 5) is 3.27. The van der Waals surface area contributed by atoms with Crippen molar-refractivity contribution < 1.29 is 21.6 Å². The Morgan fingerprint density at radius 1 is 1.44 bits per heavy atom. The molecule has 0 radical (unpaired) electrons. The number of aromatic nitrogens is 1. The number of halogens is 4. The highest BCUT2D eigenvalue weighted by molar-refractivity contribution is 7.89. The molecule has 0 unspecified atom stereocenters. The molecule has 1 heterocycles. The topological polar surface area (TPSA) is 50.3 Å². The minimum atomic E-state index is -4.41. The highest BCUT2D eigenvalue weighted by atomic mass is 35.5.